The third kappa shape index (κ3) is 3.48. The van der Waals surface area contributed by atoms with E-state index in [1.807, 2.05) is 12.1 Å². The number of aliphatic hydroxyl groups excluding tert-OH is 1. The van der Waals surface area contributed by atoms with Crippen LogP contribution in [0.4, 0.5) is 0 Å². The summed E-state index contributed by atoms with van der Waals surface area (Å²) in [5.41, 5.74) is 2.14. The second kappa shape index (κ2) is 6.92. The summed E-state index contributed by atoms with van der Waals surface area (Å²) in [5, 5.41) is 9.27. The van der Waals surface area contributed by atoms with E-state index in [-0.39, 0.29) is 6.61 Å². The molecule has 0 amide bonds. The van der Waals surface area contributed by atoms with E-state index < -0.39 is 0 Å². The Labute approximate surface area is 116 Å². The molecule has 0 saturated heterocycles. The van der Waals surface area contributed by atoms with Gasteiger partial charge < -0.3 is 9.84 Å². The Hall–Kier alpha value is -1.06. The van der Waals surface area contributed by atoms with E-state index in [0.29, 0.717) is 6.04 Å². The molecule has 106 valence electrons. The lowest BCUT2D eigenvalue weighted by Gasteiger charge is -2.28. The highest BCUT2D eigenvalue weighted by Gasteiger charge is 2.22. The first-order chi connectivity index (χ1) is 9.28. The first-order valence-corrected chi connectivity index (χ1v) is 7.29. The summed E-state index contributed by atoms with van der Waals surface area (Å²) >= 11 is 0. The topological polar surface area (TPSA) is 32.7 Å². The van der Waals surface area contributed by atoms with E-state index in [1.54, 1.807) is 7.11 Å². The van der Waals surface area contributed by atoms with E-state index in [0.717, 1.165) is 24.4 Å². The van der Waals surface area contributed by atoms with Crippen LogP contribution in [0.5, 0.6) is 5.75 Å². The number of aliphatic hydroxyl groups is 1. The Morgan fingerprint density at radius 3 is 2.63 bits per heavy atom. The van der Waals surface area contributed by atoms with Crippen molar-refractivity contribution in [1.82, 2.24) is 4.90 Å². The maximum Gasteiger partial charge on any atom is 0.123 e. The maximum absolute atomic E-state index is 9.27. The van der Waals surface area contributed by atoms with Gasteiger partial charge in [0.25, 0.3) is 0 Å². The minimum absolute atomic E-state index is 0.0898. The predicted octanol–water partition coefficient (Wildman–Crippen LogP) is 2.95. The molecule has 0 heterocycles. The van der Waals surface area contributed by atoms with E-state index in [1.165, 1.54) is 31.2 Å². The fourth-order valence-electron chi connectivity index (χ4n) is 3.04. The lowest BCUT2D eigenvalue weighted by atomic mass is 10.1. The Bertz CT molecular complexity index is 400. The van der Waals surface area contributed by atoms with Gasteiger partial charge in [-0.05, 0) is 37.1 Å². The van der Waals surface area contributed by atoms with Crippen LogP contribution < -0.4 is 4.74 Å². The number of hydrogen-bond acceptors (Lipinski definition) is 3. The monoisotopic (exact) mass is 263 g/mol. The Kier molecular flexibility index (Phi) is 5.23. The van der Waals surface area contributed by atoms with Crippen molar-refractivity contribution in [3.8, 4) is 5.75 Å². The molecule has 19 heavy (non-hydrogen) atoms. The van der Waals surface area contributed by atoms with Crippen molar-refractivity contribution >= 4 is 0 Å². The van der Waals surface area contributed by atoms with E-state index in [4.69, 9.17) is 4.74 Å². The number of methoxy groups -OCH3 is 1. The van der Waals surface area contributed by atoms with Crippen LogP contribution in [0.25, 0.3) is 0 Å². The normalized spacial score (nSPS) is 16.2. The minimum Gasteiger partial charge on any atom is -0.496 e. The zero-order valence-electron chi connectivity index (χ0n) is 12.1. The smallest absolute Gasteiger partial charge is 0.123 e. The van der Waals surface area contributed by atoms with Crippen molar-refractivity contribution in [2.24, 2.45) is 0 Å². The molecule has 1 aromatic rings. The van der Waals surface area contributed by atoms with Gasteiger partial charge in [-0.15, -0.1) is 0 Å². The highest BCUT2D eigenvalue weighted by atomic mass is 16.5. The van der Waals surface area contributed by atoms with Gasteiger partial charge in [-0.3, -0.25) is 4.90 Å². The van der Waals surface area contributed by atoms with Crippen LogP contribution in [-0.4, -0.2) is 29.7 Å². The van der Waals surface area contributed by atoms with Crippen molar-refractivity contribution in [1.29, 1.82) is 0 Å². The molecule has 0 unspecified atom stereocenters. The van der Waals surface area contributed by atoms with Gasteiger partial charge in [0.05, 0.1) is 13.7 Å². The van der Waals surface area contributed by atoms with E-state index in [2.05, 4.69) is 17.9 Å². The quantitative estimate of drug-likeness (QED) is 0.856. The molecule has 1 aliphatic rings. The van der Waals surface area contributed by atoms with Crippen LogP contribution in [0, 0.1) is 0 Å². The Balaban J connectivity index is 2.14. The first-order valence-electron chi connectivity index (χ1n) is 7.29. The number of hydrogen-bond donors (Lipinski definition) is 1. The number of benzene rings is 1. The summed E-state index contributed by atoms with van der Waals surface area (Å²) in [6.45, 7) is 4.29. The summed E-state index contributed by atoms with van der Waals surface area (Å²) in [7, 11) is 1.71. The van der Waals surface area contributed by atoms with Crippen molar-refractivity contribution in [2.75, 3.05) is 13.7 Å². The van der Waals surface area contributed by atoms with Gasteiger partial charge in [0.15, 0.2) is 0 Å². The van der Waals surface area contributed by atoms with Crippen LogP contribution in [0.2, 0.25) is 0 Å². The second-order valence-electron chi connectivity index (χ2n) is 5.31. The number of rotatable bonds is 6. The van der Waals surface area contributed by atoms with Crippen LogP contribution in [0.15, 0.2) is 18.2 Å². The highest BCUT2D eigenvalue weighted by Crippen LogP contribution is 2.27. The molecule has 1 aromatic carbocycles. The van der Waals surface area contributed by atoms with Crippen molar-refractivity contribution in [3.63, 3.8) is 0 Å². The Morgan fingerprint density at radius 2 is 2.05 bits per heavy atom. The van der Waals surface area contributed by atoms with Gasteiger partial charge in [0, 0.05) is 18.2 Å². The van der Waals surface area contributed by atoms with Crippen molar-refractivity contribution < 1.29 is 9.84 Å². The minimum atomic E-state index is 0.0898. The molecule has 0 bridgehead atoms. The lowest BCUT2D eigenvalue weighted by Crippen LogP contribution is -2.32. The van der Waals surface area contributed by atoms with Crippen LogP contribution in [-0.2, 0) is 13.2 Å². The molecule has 0 spiro atoms. The molecular weight excluding hydrogens is 238 g/mol. The predicted molar refractivity (Wildman–Crippen MR) is 77.3 cm³/mol. The van der Waals surface area contributed by atoms with Gasteiger partial charge in [-0.2, -0.15) is 0 Å². The summed E-state index contributed by atoms with van der Waals surface area (Å²) in [6.07, 6.45) is 5.34. The molecule has 1 fully saturated rings. The summed E-state index contributed by atoms with van der Waals surface area (Å²) < 4.78 is 5.44. The fourth-order valence-corrected chi connectivity index (χ4v) is 3.04. The zero-order valence-corrected chi connectivity index (χ0v) is 12.1. The van der Waals surface area contributed by atoms with Gasteiger partial charge in [-0.1, -0.05) is 25.8 Å². The molecule has 3 heteroatoms. The lowest BCUT2D eigenvalue weighted by molar-refractivity contribution is 0.197. The molecule has 3 nitrogen and oxygen atoms in total. The maximum atomic E-state index is 9.27. The summed E-state index contributed by atoms with van der Waals surface area (Å²) in [5.74, 6) is 0.925. The average molecular weight is 263 g/mol. The molecule has 1 aliphatic carbocycles. The molecule has 0 aromatic heterocycles. The second-order valence-corrected chi connectivity index (χ2v) is 5.31. The highest BCUT2D eigenvalue weighted by molar-refractivity contribution is 5.37. The van der Waals surface area contributed by atoms with E-state index in [9.17, 15) is 5.11 Å². The van der Waals surface area contributed by atoms with E-state index >= 15 is 0 Å². The van der Waals surface area contributed by atoms with Gasteiger partial charge in [0.2, 0.25) is 0 Å². The molecule has 1 saturated carbocycles. The summed E-state index contributed by atoms with van der Waals surface area (Å²) in [6, 6.07) is 6.67. The van der Waals surface area contributed by atoms with Crippen LogP contribution >= 0.6 is 0 Å². The number of ether oxygens (including phenoxy) is 1. The van der Waals surface area contributed by atoms with Crippen LogP contribution in [0.3, 0.4) is 0 Å². The molecule has 1 N–H and O–H groups in total. The molecule has 0 radical (unpaired) electrons. The standard InChI is InChI=1S/C16H25NO2/c1-3-17(15-6-4-5-7-15)11-14-10-13(12-18)8-9-16(14)19-2/h8-10,15,18H,3-7,11-12H2,1-2H3. The molecular formula is C16H25NO2. The molecule has 2 rings (SSSR count). The van der Waals surface area contributed by atoms with Crippen molar-refractivity contribution in [3.05, 3.63) is 29.3 Å². The Morgan fingerprint density at radius 1 is 1.32 bits per heavy atom. The summed E-state index contributed by atoms with van der Waals surface area (Å²) in [4.78, 5) is 2.53. The third-order valence-electron chi connectivity index (χ3n) is 4.15. The average Bonchev–Trinajstić information content (AvgIpc) is 2.98. The largest absolute Gasteiger partial charge is 0.496 e. The van der Waals surface area contributed by atoms with Gasteiger partial charge in [-0.25, -0.2) is 0 Å². The zero-order chi connectivity index (χ0) is 13.7. The van der Waals surface area contributed by atoms with Crippen molar-refractivity contribution in [2.45, 2.75) is 51.8 Å². The molecule has 0 atom stereocenters. The van der Waals surface area contributed by atoms with Crippen LogP contribution in [0.1, 0.15) is 43.7 Å². The van der Waals surface area contributed by atoms with Gasteiger partial charge in [0.1, 0.15) is 5.75 Å². The third-order valence-corrected chi connectivity index (χ3v) is 4.15. The SMILES string of the molecule is CCN(Cc1cc(CO)ccc1OC)C1CCCC1. The first kappa shape index (κ1) is 14.4. The van der Waals surface area contributed by atoms with Gasteiger partial charge >= 0.3 is 0 Å². The molecule has 0 aliphatic heterocycles. The number of nitrogens with zero attached hydrogens (tertiary/aromatic N) is 1. The fraction of sp³-hybridized carbons (Fsp3) is 0.625.